The average molecular weight is 179 g/mol. The number of hydrogen-bond donors (Lipinski definition) is 4. The first-order chi connectivity index (χ1) is 5.04. The van der Waals surface area contributed by atoms with Crippen LogP contribution in [0.2, 0.25) is 0 Å². The van der Waals surface area contributed by atoms with Crippen molar-refractivity contribution in [3.63, 3.8) is 0 Å². The van der Waals surface area contributed by atoms with E-state index in [-0.39, 0.29) is 6.15 Å². The molecule has 12 heavy (non-hydrogen) atoms. The SMILES string of the molecule is C=C.N.O=C(O)CC(O)C(=O)O. The Morgan fingerprint density at radius 1 is 1.25 bits per heavy atom. The van der Waals surface area contributed by atoms with Gasteiger partial charge in [-0.15, -0.1) is 13.2 Å². The zero-order valence-corrected chi connectivity index (χ0v) is 6.56. The summed E-state index contributed by atoms with van der Waals surface area (Å²) >= 11 is 0. The van der Waals surface area contributed by atoms with Gasteiger partial charge in [0.1, 0.15) is 0 Å². The van der Waals surface area contributed by atoms with Gasteiger partial charge in [0.05, 0.1) is 6.42 Å². The Morgan fingerprint density at radius 3 is 1.67 bits per heavy atom. The predicted octanol–water partition coefficient (Wildman–Crippen LogP) is -0.129. The molecule has 0 bridgehead atoms. The van der Waals surface area contributed by atoms with Crippen molar-refractivity contribution >= 4 is 11.9 Å². The lowest BCUT2D eigenvalue weighted by atomic mass is 10.3. The summed E-state index contributed by atoms with van der Waals surface area (Å²) in [5.41, 5.74) is 0. The third kappa shape index (κ3) is 11.4. The topological polar surface area (TPSA) is 130 Å². The lowest BCUT2D eigenvalue weighted by Crippen LogP contribution is -2.22. The molecular weight excluding hydrogens is 166 g/mol. The maximum absolute atomic E-state index is 9.72. The molecule has 0 rings (SSSR count). The monoisotopic (exact) mass is 179 g/mol. The first-order valence-corrected chi connectivity index (χ1v) is 2.66. The quantitative estimate of drug-likeness (QED) is 0.446. The van der Waals surface area contributed by atoms with Gasteiger partial charge in [-0.05, 0) is 0 Å². The van der Waals surface area contributed by atoms with Crippen LogP contribution >= 0.6 is 0 Å². The molecule has 6 nitrogen and oxygen atoms in total. The second kappa shape index (κ2) is 9.60. The van der Waals surface area contributed by atoms with Crippen molar-refractivity contribution < 1.29 is 24.9 Å². The Bertz CT molecular complexity index is 147. The minimum absolute atomic E-state index is 0. The van der Waals surface area contributed by atoms with E-state index in [2.05, 4.69) is 13.2 Å². The summed E-state index contributed by atoms with van der Waals surface area (Å²) in [6, 6.07) is 0. The number of aliphatic carboxylic acids is 2. The fourth-order valence-electron chi connectivity index (χ4n) is 0.253. The molecule has 72 valence electrons. The molecule has 0 radical (unpaired) electrons. The minimum atomic E-state index is -1.79. The predicted molar refractivity (Wildman–Crippen MR) is 42.2 cm³/mol. The molecule has 0 heterocycles. The van der Waals surface area contributed by atoms with Gasteiger partial charge in [-0.2, -0.15) is 0 Å². The first-order valence-electron chi connectivity index (χ1n) is 2.66. The molecule has 0 aromatic carbocycles. The van der Waals surface area contributed by atoms with Crippen LogP contribution in [0, 0.1) is 0 Å². The van der Waals surface area contributed by atoms with E-state index < -0.39 is 24.5 Å². The normalized spacial score (nSPS) is 9.75. The zero-order chi connectivity index (χ0) is 9.44. The molecule has 0 aliphatic heterocycles. The lowest BCUT2D eigenvalue weighted by molar-refractivity contribution is -0.152. The summed E-state index contributed by atoms with van der Waals surface area (Å²) in [6.45, 7) is 6.00. The first kappa shape index (κ1) is 16.9. The Morgan fingerprint density at radius 2 is 1.58 bits per heavy atom. The zero-order valence-electron chi connectivity index (χ0n) is 6.56. The molecule has 0 amide bonds. The van der Waals surface area contributed by atoms with Gasteiger partial charge < -0.3 is 21.5 Å². The molecule has 0 aliphatic rings. The third-order valence-electron chi connectivity index (χ3n) is 0.653. The fraction of sp³-hybridized carbons (Fsp3) is 0.333. The van der Waals surface area contributed by atoms with Crippen molar-refractivity contribution in [1.82, 2.24) is 6.15 Å². The molecule has 0 aromatic heterocycles. The highest BCUT2D eigenvalue weighted by Gasteiger charge is 2.16. The van der Waals surface area contributed by atoms with Crippen LogP contribution < -0.4 is 6.15 Å². The minimum Gasteiger partial charge on any atom is -0.481 e. The van der Waals surface area contributed by atoms with Gasteiger partial charge in [0.25, 0.3) is 0 Å². The van der Waals surface area contributed by atoms with Gasteiger partial charge in [0, 0.05) is 0 Å². The van der Waals surface area contributed by atoms with E-state index in [0.717, 1.165) is 0 Å². The summed E-state index contributed by atoms with van der Waals surface area (Å²) in [5, 5.41) is 24.1. The van der Waals surface area contributed by atoms with E-state index in [1.807, 2.05) is 0 Å². The molecular formula is C6H13NO5. The molecule has 0 spiro atoms. The second-order valence-electron chi connectivity index (χ2n) is 1.45. The summed E-state index contributed by atoms with van der Waals surface area (Å²) in [6.07, 6.45) is -2.54. The van der Waals surface area contributed by atoms with E-state index in [0.29, 0.717) is 0 Å². The second-order valence-corrected chi connectivity index (χ2v) is 1.45. The Labute approximate surface area is 69.7 Å². The van der Waals surface area contributed by atoms with Crippen LogP contribution in [0.25, 0.3) is 0 Å². The van der Waals surface area contributed by atoms with Gasteiger partial charge in [-0.1, -0.05) is 0 Å². The molecule has 0 fully saturated rings. The number of carboxylic acid groups (broad SMARTS) is 2. The molecule has 1 unspecified atom stereocenters. The Balaban J connectivity index is -0.000000249. The lowest BCUT2D eigenvalue weighted by Gasteiger charge is -1.97. The fourth-order valence-corrected chi connectivity index (χ4v) is 0.253. The van der Waals surface area contributed by atoms with Crippen LogP contribution in [0.4, 0.5) is 0 Å². The van der Waals surface area contributed by atoms with Gasteiger partial charge in [0.2, 0.25) is 0 Å². The maximum atomic E-state index is 9.72. The van der Waals surface area contributed by atoms with Crippen molar-refractivity contribution in [2.75, 3.05) is 0 Å². The molecule has 0 aliphatic carbocycles. The maximum Gasteiger partial charge on any atom is 0.333 e. The highest BCUT2D eigenvalue weighted by molar-refractivity contribution is 5.79. The number of hydrogen-bond acceptors (Lipinski definition) is 4. The van der Waals surface area contributed by atoms with Crippen LogP contribution in [-0.4, -0.2) is 33.4 Å². The van der Waals surface area contributed by atoms with E-state index in [4.69, 9.17) is 15.3 Å². The van der Waals surface area contributed by atoms with Gasteiger partial charge in [0.15, 0.2) is 6.10 Å². The summed E-state index contributed by atoms with van der Waals surface area (Å²) in [7, 11) is 0. The van der Waals surface area contributed by atoms with Gasteiger partial charge in [-0.3, -0.25) is 4.79 Å². The van der Waals surface area contributed by atoms with Crippen LogP contribution in [0.5, 0.6) is 0 Å². The summed E-state index contributed by atoms with van der Waals surface area (Å²) in [5.74, 6) is -2.85. The molecule has 0 aromatic rings. The van der Waals surface area contributed by atoms with Crippen molar-refractivity contribution in [2.45, 2.75) is 12.5 Å². The standard InChI is InChI=1S/C4H6O5.C2H4.H3N/c5-2(4(8)9)1-3(6)7;1-2;/h2,5H,1H2,(H,6,7)(H,8,9);1-2H2;1H3. The van der Waals surface area contributed by atoms with Crippen LogP contribution in [0.15, 0.2) is 13.2 Å². The van der Waals surface area contributed by atoms with Gasteiger partial charge in [-0.25, -0.2) is 4.79 Å². The van der Waals surface area contributed by atoms with Crippen LogP contribution in [-0.2, 0) is 9.59 Å². The number of aliphatic hydroxyl groups is 1. The van der Waals surface area contributed by atoms with Crippen LogP contribution in [0.3, 0.4) is 0 Å². The summed E-state index contributed by atoms with van der Waals surface area (Å²) in [4.78, 5) is 19.4. The van der Waals surface area contributed by atoms with Crippen LogP contribution in [0.1, 0.15) is 6.42 Å². The molecule has 6 heteroatoms. The number of carbonyl (C=O) groups is 2. The van der Waals surface area contributed by atoms with E-state index >= 15 is 0 Å². The van der Waals surface area contributed by atoms with E-state index in [1.54, 1.807) is 0 Å². The number of aliphatic hydroxyl groups excluding tert-OH is 1. The third-order valence-corrected chi connectivity index (χ3v) is 0.653. The smallest absolute Gasteiger partial charge is 0.333 e. The van der Waals surface area contributed by atoms with Crippen molar-refractivity contribution in [3.05, 3.63) is 13.2 Å². The number of rotatable bonds is 3. The highest BCUT2D eigenvalue weighted by atomic mass is 16.4. The average Bonchev–Trinajstić information content (AvgIpc) is 1.90. The summed E-state index contributed by atoms with van der Waals surface area (Å²) < 4.78 is 0. The highest BCUT2D eigenvalue weighted by Crippen LogP contribution is 1.89. The Kier molecular flexibility index (Phi) is 13.5. The van der Waals surface area contributed by atoms with E-state index in [9.17, 15) is 9.59 Å². The molecule has 0 saturated heterocycles. The van der Waals surface area contributed by atoms with Crippen molar-refractivity contribution in [3.8, 4) is 0 Å². The molecule has 0 saturated carbocycles. The van der Waals surface area contributed by atoms with Crippen molar-refractivity contribution in [2.24, 2.45) is 0 Å². The largest absolute Gasteiger partial charge is 0.481 e. The molecule has 1 atom stereocenters. The Hall–Kier alpha value is -1.40. The van der Waals surface area contributed by atoms with E-state index in [1.165, 1.54) is 0 Å². The van der Waals surface area contributed by atoms with Crippen molar-refractivity contribution in [1.29, 1.82) is 0 Å². The molecule has 6 N–H and O–H groups in total. The van der Waals surface area contributed by atoms with Gasteiger partial charge >= 0.3 is 11.9 Å². The number of carboxylic acids is 2.